The van der Waals surface area contributed by atoms with Gasteiger partial charge in [-0.2, -0.15) is 0 Å². The highest BCUT2D eigenvalue weighted by Gasteiger charge is 2.30. The largest absolute Gasteiger partial charge is 0.480 e. The number of carbonyl (C=O) groups excluding carboxylic acids is 5. The second kappa shape index (κ2) is 12.3. The predicted octanol–water partition coefficient (Wildman–Crippen LogP) is -4.61. The summed E-state index contributed by atoms with van der Waals surface area (Å²) in [6, 6.07) is -5.56. The predicted molar refractivity (Wildman–Crippen MR) is 101 cm³/mol. The first-order valence-corrected chi connectivity index (χ1v) is 8.90. The van der Waals surface area contributed by atoms with Gasteiger partial charge in [-0.25, -0.2) is 4.79 Å². The Kier molecular flexibility index (Phi) is 11.0. The lowest BCUT2D eigenvalue weighted by Gasteiger charge is -2.23. The van der Waals surface area contributed by atoms with Crippen LogP contribution in [-0.4, -0.2) is 76.0 Å². The molecule has 0 aliphatic carbocycles. The fraction of sp³-hybridized carbons (Fsp3) is 0.625. The molecule has 0 aromatic heterocycles. The van der Waals surface area contributed by atoms with Gasteiger partial charge in [0.05, 0.1) is 12.5 Å². The van der Waals surface area contributed by atoms with Crippen LogP contribution < -0.4 is 33.2 Å². The minimum atomic E-state index is -1.55. The van der Waals surface area contributed by atoms with Gasteiger partial charge in [0.2, 0.25) is 29.5 Å². The lowest BCUT2D eigenvalue weighted by Crippen LogP contribution is -2.57. The van der Waals surface area contributed by atoms with Crippen LogP contribution in [0.25, 0.3) is 0 Å². The highest BCUT2D eigenvalue weighted by Crippen LogP contribution is 2.01. The van der Waals surface area contributed by atoms with E-state index < -0.39 is 72.2 Å². The second-order valence-electron chi connectivity index (χ2n) is 6.63. The van der Waals surface area contributed by atoms with E-state index in [4.69, 9.17) is 22.3 Å². The molecule has 0 rings (SSSR count). The number of aliphatic carboxylic acids is 1. The number of nitrogens with two attached hydrogens (primary N) is 3. The van der Waals surface area contributed by atoms with Crippen molar-refractivity contribution in [1.29, 1.82) is 0 Å². The maximum absolute atomic E-state index is 12.4. The molecule has 0 aliphatic rings. The summed E-state index contributed by atoms with van der Waals surface area (Å²) in [5.41, 5.74) is 15.5. The third-order valence-electron chi connectivity index (χ3n) is 3.91. The lowest BCUT2D eigenvalue weighted by molar-refractivity contribution is -0.142. The normalized spacial score (nSPS) is 15.6. The van der Waals surface area contributed by atoms with Gasteiger partial charge in [0.25, 0.3) is 0 Å². The van der Waals surface area contributed by atoms with Crippen molar-refractivity contribution >= 4 is 35.5 Å². The molecule has 0 heterocycles. The molecule has 14 nitrogen and oxygen atoms in total. The van der Waals surface area contributed by atoms with Crippen LogP contribution in [-0.2, 0) is 28.8 Å². The Bertz CT molecular complexity index is 683. The molecule has 170 valence electrons. The number of aliphatic hydroxyl groups excluding tert-OH is 1. The number of carboxylic acid groups (broad SMARTS) is 1. The quantitative estimate of drug-likeness (QED) is 0.139. The van der Waals surface area contributed by atoms with Gasteiger partial charge in [0, 0.05) is 6.42 Å². The van der Waals surface area contributed by atoms with E-state index in [-0.39, 0.29) is 12.8 Å². The summed E-state index contributed by atoms with van der Waals surface area (Å²) in [4.78, 5) is 69.7. The second-order valence-corrected chi connectivity index (χ2v) is 6.63. The first kappa shape index (κ1) is 26.7. The number of carbonyl (C=O) groups is 6. The van der Waals surface area contributed by atoms with Gasteiger partial charge in [0.15, 0.2) is 0 Å². The lowest BCUT2D eigenvalue weighted by atomic mass is 10.1. The van der Waals surface area contributed by atoms with Crippen molar-refractivity contribution in [2.45, 2.75) is 63.4 Å². The van der Waals surface area contributed by atoms with E-state index in [1.807, 2.05) is 0 Å². The first-order chi connectivity index (χ1) is 13.8. The standard InChI is InChI=1S/C16H28N6O8/c1-6(20-15(28)12(19)7(2)23)13(26)22-9(5-11(18)25)14(27)21-8(16(29)30)3-4-10(17)24/h6-9,12,23H,3-5,19H2,1-2H3,(H2,17,24)(H2,18,25)(H,20,28)(H,21,27)(H,22,26)(H,29,30). The molecule has 0 spiro atoms. The number of amides is 5. The van der Waals surface area contributed by atoms with Gasteiger partial charge >= 0.3 is 5.97 Å². The number of primary amides is 2. The molecule has 0 saturated carbocycles. The molecule has 30 heavy (non-hydrogen) atoms. The molecular weight excluding hydrogens is 404 g/mol. The maximum Gasteiger partial charge on any atom is 0.326 e. The number of aliphatic hydroxyl groups is 1. The molecule has 11 N–H and O–H groups in total. The summed E-state index contributed by atoms with van der Waals surface area (Å²) >= 11 is 0. The summed E-state index contributed by atoms with van der Waals surface area (Å²) in [7, 11) is 0. The summed E-state index contributed by atoms with van der Waals surface area (Å²) in [5, 5.41) is 24.9. The van der Waals surface area contributed by atoms with Gasteiger partial charge in [-0.1, -0.05) is 0 Å². The van der Waals surface area contributed by atoms with Crippen LogP contribution in [0.2, 0.25) is 0 Å². The zero-order chi connectivity index (χ0) is 23.6. The van der Waals surface area contributed by atoms with Crippen molar-refractivity contribution in [3.05, 3.63) is 0 Å². The SMILES string of the molecule is CC(NC(=O)C(N)C(C)O)C(=O)NC(CC(N)=O)C(=O)NC(CCC(N)=O)C(=O)O. The van der Waals surface area contributed by atoms with E-state index in [1.165, 1.54) is 13.8 Å². The molecule has 0 aromatic carbocycles. The molecular formula is C16H28N6O8. The van der Waals surface area contributed by atoms with Gasteiger partial charge in [-0.05, 0) is 20.3 Å². The van der Waals surface area contributed by atoms with E-state index in [1.54, 1.807) is 0 Å². The molecule has 5 amide bonds. The highest BCUT2D eigenvalue weighted by atomic mass is 16.4. The van der Waals surface area contributed by atoms with Gasteiger partial charge in [-0.3, -0.25) is 24.0 Å². The summed E-state index contributed by atoms with van der Waals surface area (Å²) < 4.78 is 0. The van der Waals surface area contributed by atoms with Crippen molar-refractivity contribution in [3.63, 3.8) is 0 Å². The van der Waals surface area contributed by atoms with Gasteiger partial charge in [0.1, 0.15) is 24.2 Å². The molecule has 0 radical (unpaired) electrons. The van der Waals surface area contributed by atoms with Crippen LogP contribution >= 0.6 is 0 Å². The average molecular weight is 432 g/mol. The van der Waals surface area contributed by atoms with Gasteiger partial charge in [-0.15, -0.1) is 0 Å². The van der Waals surface area contributed by atoms with E-state index in [0.29, 0.717) is 0 Å². The van der Waals surface area contributed by atoms with E-state index in [2.05, 4.69) is 16.0 Å². The molecule has 5 atom stereocenters. The van der Waals surface area contributed by atoms with Crippen LogP contribution in [0.3, 0.4) is 0 Å². The minimum absolute atomic E-state index is 0.308. The fourth-order valence-electron chi connectivity index (χ4n) is 2.12. The minimum Gasteiger partial charge on any atom is -0.480 e. The first-order valence-electron chi connectivity index (χ1n) is 8.90. The Morgan fingerprint density at radius 2 is 1.37 bits per heavy atom. The molecule has 0 aliphatic heterocycles. The summed E-state index contributed by atoms with van der Waals surface area (Å²) in [5.74, 6) is -5.98. The number of carboxylic acids is 1. The average Bonchev–Trinajstić information content (AvgIpc) is 2.62. The monoisotopic (exact) mass is 432 g/mol. The molecule has 0 aromatic rings. The summed E-state index contributed by atoms with van der Waals surface area (Å²) in [6.07, 6.45) is -2.47. The Balaban J connectivity index is 5.16. The fourth-order valence-corrected chi connectivity index (χ4v) is 2.12. The molecule has 0 bridgehead atoms. The third-order valence-corrected chi connectivity index (χ3v) is 3.91. The number of nitrogens with one attached hydrogen (secondary N) is 3. The smallest absolute Gasteiger partial charge is 0.326 e. The van der Waals surface area contributed by atoms with Gasteiger partial charge < -0.3 is 43.4 Å². The van der Waals surface area contributed by atoms with Crippen LogP contribution in [0.15, 0.2) is 0 Å². The van der Waals surface area contributed by atoms with Crippen LogP contribution in [0.4, 0.5) is 0 Å². The Hall–Kier alpha value is -3.26. The van der Waals surface area contributed by atoms with E-state index in [0.717, 1.165) is 0 Å². The number of hydrogen-bond donors (Lipinski definition) is 8. The zero-order valence-corrected chi connectivity index (χ0v) is 16.6. The van der Waals surface area contributed by atoms with E-state index >= 15 is 0 Å². The van der Waals surface area contributed by atoms with Crippen LogP contribution in [0, 0.1) is 0 Å². The van der Waals surface area contributed by atoms with Crippen molar-refractivity contribution in [3.8, 4) is 0 Å². The van der Waals surface area contributed by atoms with Crippen molar-refractivity contribution in [1.82, 2.24) is 16.0 Å². The summed E-state index contributed by atoms with van der Waals surface area (Å²) in [6.45, 7) is 2.54. The maximum atomic E-state index is 12.4. The van der Waals surface area contributed by atoms with E-state index in [9.17, 15) is 33.9 Å². The Morgan fingerprint density at radius 3 is 1.80 bits per heavy atom. The van der Waals surface area contributed by atoms with Crippen LogP contribution in [0.5, 0.6) is 0 Å². The Morgan fingerprint density at radius 1 is 0.833 bits per heavy atom. The number of hydrogen-bond acceptors (Lipinski definition) is 8. The van der Waals surface area contributed by atoms with Crippen molar-refractivity contribution in [2.24, 2.45) is 17.2 Å². The third kappa shape index (κ3) is 9.79. The molecule has 0 saturated heterocycles. The molecule has 14 heteroatoms. The molecule has 0 fully saturated rings. The topological polar surface area (TPSA) is 257 Å². The van der Waals surface area contributed by atoms with Crippen molar-refractivity contribution in [2.75, 3.05) is 0 Å². The molecule has 5 unspecified atom stereocenters. The Labute approximate surface area is 171 Å². The highest BCUT2D eigenvalue weighted by molar-refractivity contribution is 5.96. The van der Waals surface area contributed by atoms with Crippen LogP contribution in [0.1, 0.15) is 33.1 Å². The van der Waals surface area contributed by atoms with Crippen molar-refractivity contribution < 1.29 is 39.0 Å². The number of rotatable bonds is 13. The zero-order valence-electron chi connectivity index (χ0n) is 16.6.